The van der Waals surface area contributed by atoms with E-state index in [4.69, 9.17) is 13.9 Å². The summed E-state index contributed by atoms with van der Waals surface area (Å²) in [5.74, 6) is 1.20. The SMILES string of the molecule is COc1ccc(CN/N=C/c2ccc(-c3ccc(F)cc3[N+](=O)[O-])o2)cc1OC. The fourth-order valence-electron chi connectivity index (χ4n) is 2.67. The zero-order valence-corrected chi connectivity index (χ0v) is 15.7. The molecule has 1 N–H and O–H groups in total. The van der Waals surface area contributed by atoms with Crippen molar-refractivity contribution in [1.82, 2.24) is 5.43 Å². The maximum atomic E-state index is 13.3. The largest absolute Gasteiger partial charge is 0.493 e. The van der Waals surface area contributed by atoms with E-state index in [1.54, 1.807) is 32.4 Å². The minimum Gasteiger partial charge on any atom is -0.493 e. The van der Waals surface area contributed by atoms with E-state index in [0.717, 1.165) is 17.7 Å². The number of nitro benzene ring substituents is 1. The van der Waals surface area contributed by atoms with Crippen molar-refractivity contribution in [1.29, 1.82) is 0 Å². The molecule has 0 spiro atoms. The number of halogens is 1. The molecule has 3 aromatic rings. The Labute approximate surface area is 165 Å². The third-order valence-electron chi connectivity index (χ3n) is 4.06. The van der Waals surface area contributed by atoms with Gasteiger partial charge in [-0.15, -0.1) is 0 Å². The van der Waals surface area contributed by atoms with Crippen LogP contribution in [0.15, 0.2) is 58.0 Å². The molecule has 0 atom stereocenters. The van der Waals surface area contributed by atoms with Gasteiger partial charge in [0.15, 0.2) is 11.5 Å². The van der Waals surface area contributed by atoms with E-state index >= 15 is 0 Å². The summed E-state index contributed by atoms with van der Waals surface area (Å²) in [7, 11) is 3.13. The Bertz CT molecular complexity index is 1050. The van der Waals surface area contributed by atoms with Gasteiger partial charge in [-0.3, -0.25) is 10.1 Å². The van der Waals surface area contributed by atoms with Crippen LogP contribution in [-0.2, 0) is 6.54 Å². The van der Waals surface area contributed by atoms with E-state index in [1.165, 1.54) is 12.3 Å². The third-order valence-corrected chi connectivity index (χ3v) is 4.06. The Morgan fingerprint density at radius 1 is 1.14 bits per heavy atom. The topological polar surface area (TPSA) is 99.1 Å². The smallest absolute Gasteiger partial charge is 0.283 e. The highest BCUT2D eigenvalue weighted by Crippen LogP contribution is 2.31. The molecule has 0 aliphatic heterocycles. The van der Waals surface area contributed by atoms with Crippen LogP contribution in [0.3, 0.4) is 0 Å². The summed E-state index contributed by atoms with van der Waals surface area (Å²) in [6, 6.07) is 12.0. The lowest BCUT2D eigenvalue weighted by Crippen LogP contribution is -2.05. The molecule has 2 aromatic carbocycles. The van der Waals surface area contributed by atoms with E-state index in [1.807, 2.05) is 12.1 Å². The Hall–Kier alpha value is -3.88. The van der Waals surface area contributed by atoms with Crippen molar-refractivity contribution in [3.63, 3.8) is 0 Å². The van der Waals surface area contributed by atoms with Gasteiger partial charge in [-0.05, 0) is 42.0 Å². The van der Waals surface area contributed by atoms with Gasteiger partial charge in [0.05, 0.1) is 43.5 Å². The second-order valence-electron chi connectivity index (χ2n) is 5.90. The van der Waals surface area contributed by atoms with Crippen molar-refractivity contribution in [2.75, 3.05) is 14.2 Å². The van der Waals surface area contributed by atoms with Crippen LogP contribution in [0, 0.1) is 15.9 Å². The minimum atomic E-state index is -0.687. The molecule has 0 amide bonds. The van der Waals surface area contributed by atoms with Gasteiger partial charge in [0.2, 0.25) is 0 Å². The van der Waals surface area contributed by atoms with Crippen LogP contribution in [0.4, 0.5) is 10.1 Å². The molecule has 0 saturated carbocycles. The average Bonchev–Trinajstić information content (AvgIpc) is 3.19. The standard InChI is InChI=1S/C20H18FN3O5/c1-27-19-7-3-13(9-20(19)28-2)11-22-23-12-15-5-8-18(29-15)16-6-4-14(21)10-17(16)24(25)26/h3-10,12,22H,11H2,1-2H3/b23-12+. The van der Waals surface area contributed by atoms with Crippen LogP contribution in [0.2, 0.25) is 0 Å². The number of nitrogens with one attached hydrogen (secondary N) is 1. The molecule has 1 heterocycles. The summed E-state index contributed by atoms with van der Waals surface area (Å²) in [4.78, 5) is 10.5. The molecule has 150 valence electrons. The minimum absolute atomic E-state index is 0.189. The van der Waals surface area contributed by atoms with E-state index in [-0.39, 0.29) is 17.0 Å². The fourth-order valence-corrected chi connectivity index (χ4v) is 2.67. The number of nitrogens with zero attached hydrogens (tertiary/aromatic N) is 2. The lowest BCUT2D eigenvalue weighted by atomic mass is 10.1. The lowest BCUT2D eigenvalue weighted by molar-refractivity contribution is -0.384. The number of rotatable bonds is 8. The monoisotopic (exact) mass is 399 g/mol. The Morgan fingerprint density at radius 3 is 2.66 bits per heavy atom. The van der Waals surface area contributed by atoms with Gasteiger partial charge in [0.25, 0.3) is 5.69 Å². The van der Waals surface area contributed by atoms with Gasteiger partial charge < -0.3 is 19.3 Å². The summed E-state index contributed by atoms with van der Waals surface area (Å²) in [5, 5.41) is 15.2. The van der Waals surface area contributed by atoms with E-state index in [0.29, 0.717) is 23.8 Å². The van der Waals surface area contributed by atoms with Crippen molar-refractivity contribution in [2.45, 2.75) is 6.54 Å². The molecule has 0 saturated heterocycles. The average molecular weight is 399 g/mol. The third kappa shape index (κ3) is 4.70. The summed E-state index contributed by atoms with van der Waals surface area (Å²) in [5.41, 5.74) is 3.64. The number of hydrazone groups is 1. The predicted molar refractivity (Wildman–Crippen MR) is 105 cm³/mol. The van der Waals surface area contributed by atoms with Crippen LogP contribution in [0.1, 0.15) is 11.3 Å². The molecule has 9 heteroatoms. The van der Waals surface area contributed by atoms with Gasteiger partial charge in [0.1, 0.15) is 17.3 Å². The first-order chi connectivity index (χ1) is 14.0. The Kier molecular flexibility index (Phi) is 6.08. The normalized spacial score (nSPS) is 10.9. The Balaban J connectivity index is 1.67. The molecule has 1 aromatic heterocycles. The first-order valence-electron chi connectivity index (χ1n) is 8.53. The van der Waals surface area contributed by atoms with Crippen LogP contribution in [-0.4, -0.2) is 25.4 Å². The summed E-state index contributed by atoms with van der Waals surface area (Å²) < 4.78 is 29.3. The molecule has 0 unspecified atom stereocenters. The van der Waals surface area contributed by atoms with E-state index < -0.39 is 10.7 Å². The molecule has 0 aliphatic carbocycles. The van der Waals surface area contributed by atoms with E-state index in [9.17, 15) is 14.5 Å². The number of nitro groups is 1. The molecular weight excluding hydrogens is 381 g/mol. The molecule has 0 aliphatic rings. The zero-order chi connectivity index (χ0) is 20.8. The van der Waals surface area contributed by atoms with Gasteiger partial charge in [-0.2, -0.15) is 5.10 Å². The van der Waals surface area contributed by atoms with Crippen LogP contribution in [0.5, 0.6) is 11.5 Å². The highest BCUT2D eigenvalue weighted by atomic mass is 19.1. The van der Waals surface area contributed by atoms with Gasteiger partial charge >= 0.3 is 0 Å². The van der Waals surface area contributed by atoms with E-state index in [2.05, 4.69) is 10.5 Å². The fraction of sp³-hybridized carbons (Fsp3) is 0.150. The number of methoxy groups -OCH3 is 2. The van der Waals surface area contributed by atoms with Crippen molar-refractivity contribution in [2.24, 2.45) is 5.10 Å². The maximum Gasteiger partial charge on any atom is 0.283 e. The number of hydrogen-bond acceptors (Lipinski definition) is 7. The number of benzene rings is 2. The molecule has 29 heavy (non-hydrogen) atoms. The van der Waals surface area contributed by atoms with Gasteiger partial charge in [0, 0.05) is 0 Å². The van der Waals surface area contributed by atoms with Crippen molar-refractivity contribution in [3.05, 3.63) is 75.8 Å². The van der Waals surface area contributed by atoms with Crippen LogP contribution >= 0.6 is 0 Å². The molecule has 8 nitrogen and oxygen atoms in total. The summed E-state index contributed by atoms with van der Waals surface area (Å²) >= 11 is 0. The predicted octanol–water partition coefficient (Wildman–Crippen LogP) is 4.13. The number of hydrogen-bond donors (Lipinski definition) is 1. The highest BCUT2D eigenvalue weighted by Gasteiger charge is 2.19. The molecular formula is C20H18FN3O5. The van der Waals surface area contributed by atoms with Crippen LogP contribution in [0.25, 0.3) is 11.3 Å². The molecule has 0 bridgehead atoms. The molecule has 0 fully saturated rings. The molecule has 0 radical (unpaired) electrons. The second-order valence-corrected chi connectivity index (χ2v) is 5.90. The zero-order valence-electron chi connectivity index (χ0n) is 15.7. The summed E-state index contributed by atoms with van der Waals surface area (Å²) in [6.45, 7) is 0.438. The first kappa shape index (κ1) is 19.9. The van der Waals surface area contributed by atoms with Gasteiger partial charge in [-0.1, -0.05) is 6.07 Å². The number of ether oxygens (including phenoxy) is 2. The lowest BCUT2D eigenvalue weighted by Gasteiger charge is -2.09. The van der Waals surface area contributed by atoms with Crippen molar-refractivity contribution in [3.8, 4) is 22.8 Å². The second kappa shape index (κ2) is 8.87. The van der Waals surface area contributed by atoms with Gasteiger partial charge in [-0.25, -0.2) is 4.39 Å². The van der Waals surface area contributed by atoms with Crippen LogP contribution < -0.4 is 14.9 Å². The molecule has 3 rings (SSSR count). The van der Waals surface area contributed by atoms with Crippen molar-refractivity contribution >= 4 is 11.9 Å². The summed E-state index contributed by atoms with van der Waals surface area (Å²) in [6.07, 6.45) is 1.44. The number of furan rings is 1. The first-order valence-corrected chi connectivity index (χ1v) is 8.53. The van der Waals surface area contributed by atoms with Crippen molar-refractivity contribution < 1.29 is 23.2 Å². The Morgan fingerprint density at radius 2 is 1.93 bits per heavy atom. The quantitative estimate of drug-likeness (QED) is 0.347. The maximum absolute atomic E-state index is 13.3. The highest BCUT2D eigenvalue weighted by molar-refractivity contribution is 5.78.